The number of aliphatic imine (C=N–C) groups is 1. The van der Waals surface area contributed by atoms with Crippen molar-refractivity contribution in [2.45, 2.75) is 51.7 Å². The number of halogens is 4. The number of hydrogen-bond donors (Lipinski definition) is 2. The maximum atomic E-state index is 12.7. The minimum atomic E-state index is -5.26. The Morgan fingerprint density at radius 3 is 2.14 bits per heavy atom. The van der Waals surface area contributed by atoms with Crippen molar-refractivity contribution >= 4 is 40.0 Å². The molecular weight excluding hydrogens is 520 g/mol. The van der Waals surface area contributed by atoms with Crippen LogP contribution in [0.1, 0.15) is 35.1 Å². The summed E-state index contributed by atoms with van der Waals surface area (Å²) in [5.74, 6) is 0.538. The van der Waals surface area contributed by atoms with Crippen LogP contribution in [0.5, 0.6) is 0 Å². The summed E-state index contributed by atoms with van der Waals surface area (Å²) in [6.45, 7) is 6.36. The minimum absolute atomic E-state index is 0. The zero-order valence-electron chi connectivity index (χ0n) is 16.9. The van der Waals surface area contributed by atoms with Crippen LogP contribution < -0.4 is 10.6 Å². The van der Waals surface area contributed by atoms with Gasteiger partial charge in [0.05, 0.1) is 0 Å². The van der Waals surface area contributed by atoms with Crippen LogP contribution in [0.15, 0.2) is 17.1 Å². The number of piperidine rings is 1. The first-order valence-corrected chi connectivity index (χ1v) is 10.5. The maximum absolute atomic E-state index is 12.7. The highest BCUT2D eigenvalue weighted by Gasteiger charge is 2.50. The summed E-state index contributed by atoms with van der Waals surface area (Å²) >= 11 is 0. The minimum Gasteiger partial charge on any atom is -0.354 e. The highest BCUT2D eigenvalue weighted by Crippen LogP contribution is 2.29. The smallest absolute Gasteiger partial charge is 0.354 e. The topological polar surface area (TPSA) is 73.8 Å². The third-order valence-electron chi connectivity index (χ3n) is 4.92. The highest BCUT2D eigenvalue weighted by molar-refractivity contribution is 14.0. The first kappa shape index (κ1) is 26.0. The zero-order valence-corrected chi connectivity index (χ0v) is 20.1. The number of benzene rings is 1. The Morgan fingerprint density at radius 2 is 1.69 bits per heavy atom. The number of hydrogen-bond acceptors (Lipinski definition) is 3. The molecule has 2 N–H and O–H groups in total. The summed E-state index contributed by atoms with van der Waals surface area (Å²) in [6, 6.07) is 4.07. The molecule has 1 fully saturated rings. The summed E-state index contributed by atoms with van der Waals surface area (Å²) in [4.78, 5) is 4.16. The third kappa shape index (κ3) is 6.45. The molecule has 0 aromatic heterocycles. The van der Waals surface area contributed by atoms with E-state index in [9.17, 15) is 21.6 Å². The lowest BCUT2D eigenvalue weighted by atomic mass is 10.00. The number of nitrogens with one attached hydrogen (secondary N) is 2. The van der Waals surface area contributed by atoms with Gasteiger partial charge in [-0.2, -0.15) is 17.5 Å². The SMILES string of the molecule is CN=C(NCc1c(C)cc(C)cc1C)NC1CCN(S(=O)(=O)C(F)(F)F)CC1.I. The van der Waals surface area contributed by atoms with E-state index < -0.39 is 15.5 Å². The fraction of sp³-hybridized carbons (Fsp3) is 0.611. The van der Waals surface area contributed by atoms with Crippen molar-refractivity contribution in [3.63, 3.8) is 0 Å². The van der Waals surface area contributed by atoms with Crippen molar-refractivity contribution < 1.29 is 21.6 Å². The fourth-order valence-corrected chi connectivity index (χ4v) is 4.42. The summed E-state index contributed by atoms with van der Waals surface area (Å²) in [5.41, 5.74) is -0.548. The molecule has 166 valence electrons. The quantitative estimate of drug-likeness (QED) is 0.345. The Bertz CT molecular complexity index is 813. The van der Waals surface area contributed by atoms with Gasteiger partial charge >= 0.3 is 15.5 Å². The lowest BCUT2D eigenvalue weighted by Gasteiger charge is -2.32. The molecule has 29 heavy (non-hydrogen) atoms. The molecule has 2 rings (SSSR count). The Labute approximate surface area is 187 Å². The number of aryl methyl sites for hydroxylation is 3. The van der Waals surface area contributed by atoms with E-state index in [1.54, 1.807) is 7.05 Å². The molecular formula is C18H28F3IN4O2S. The number of nitrogens with zero attached hydrogens (tertiary/aromatic N) is 2. The molecule has 6 nitrogen and oxygen atoms in total. The molecule has 0 aliphatic carbocycles. The van der Waals surface area contributed by atoms with Crippen molar-refractivity contribution in [2.75, 3.05) is 20.1 Å². The first-order valence-electron chi connectivity index (χ1n) is 9.06. The molecule has 0 atom stereocenters. The van der Waals surface area contributed by atoms with Gasteiger partial charge in [-0.15, -0.1) is 24.0 Å². The van der Waals surface area contributed by atoms with Gasteiger partial charge in [-0.1, -0.05) is 17.7 Å². The summed E-state index contributed by atoms with van der Waals surface area (Å²) in [6.07, 6.45) is 0.553. The van der Waals surface area contributed by atoms with Gasteiger partial charge in [-0.05, 0) is 50.3 Å². The van der Waals surface area contributed by atoms with E-state index in [-0.39, 0.29) is 55.9 Å². The Hall–Kier alpha value is -1.08. The molecule has 0 amide bonds. The van der Waals surface area contributed by atoms with Gasteiger partial charge in [0.25, 0.3) is 0 Å². The van der Waals surface area contributed by atoms with Crippen LogP contribution >= 0.6 is 24.0 Å². The number of rotatable bonds is 4. The summed E-state index contributed by atoms with van der Waals surface area (Å²) in [5, 5.41) is 6.40. The molecule has 1 aromatic carbocycles. The normalized spacial score (nSPS) is 17.0. The predicted octanol–water partition coefficient (Wildman–Crippen LogP) is 3.21. The fourth-order valence-electron chi connectivity index (χ4n) is 3.44. The van der Waals surface area contributed by atoms with Crippen molar-refractivity contribution in [3.05, 3.63) is 34.4 Å². The van der Waals surface area contributed by atoms with E-state index in [4.69, 9.17) is 0 Å². The first-order chi connectivity index (χ1) is 13.0. The molecule has 0 unspecified atom stereocenters. The molecule has 0 radical (unpaired) electrons. The second-order valence-electron chi connectivity index (χ2n) is 7.07. The van der Waals surface area contributed by atoms with Gasteiger partial charge in [-0.25, -0.2) is 8.42 Å². The van der Waals surface area contributed by atoms with Gasteiger partial charge < -0.3 is 10.6 Å². The van der Waals surface area contributed by atoms with E-state index in [0.717, 1.165) is 0 Å². The van der Waals surface area contributed by atoms with Crippen LogP contribution in [0, 0.1) is 20.8 Å². The molecule has 1 saturated heterocycles. The molecule has 1 aliphatic heterocycles. The Kier molecular flexibility index (Phi) is 9.21. The van der Waals surface area contributed by atoms with Crippen LogP contribution in [0.25, 0.3) is 0 Å². The van der Waals surface area contributed by atoms with E-state index >= 15 is 0 Å². The van der Waals surface area contributed by atoms with Crippen molar-refractivity contribution in [2.24, 2.45) is 4.99 Å². The van der Waals surface area contributed by atoms with Gasteiger partial charge in [-0.3, -0.25) is 4.99 Å². The van der Waals surface area contributed by atoms with E-state index in [1.807, 2.05) is 20.8 Å². The average molecular weight is 548 g/mol. The van der Waals surface area contributed by atoms with Gasteiger partial charge in [0.1, 0.15) is 0 Å². The van der Waals surface area contributed by atoms with Gasteiger partial charge in [0.15, 0.2) is 5.96 Å². The summed E-state index contributed by atoms with van der Waals surface area (Å²) in [7, 11) is -3.64. The average Bonchev–Trinajstić information content (AvgIpc) is 2.59. The molecule has 1 aliphatic rings. The van der Waals surface area contributed by atoms with E-state index in [0.29, 0.717) is 16.8 Å². The van der Waals surface area contributed by atoms with Crippen LogP contribution in [-0.4, -0.2) is 50.4 Å². The van der Waals surface area contributed by atoms with Crippen LogP contribution in [0.2, 0.25) is 0 Å². The maximum Gasteiger partial charge on any atom is 0.511 e. The van der Waals surface area contributed by atoms with Crippen molar-refractivity contribution in [1.29, 1.82) is 0 Å². The molecule has 11 heteroatoms. The Balaban J connectivity index is 0.00000420. The van der Waals surface area contributed by atoms with E-state index in [2.05, 4.69) is 27.8 Å². The van der Waals surface area contributed by atoms with Gasteiger partial charge in [0.2, 0.25) is 0 Å². The van der Waals surface area contributed by atoms with Gasteiger partial charge in [0, 0.05) is 32.7 Å². The molecule has 0 bridgehead atoms. The van der Waals surface area contributed by atoms with Crippen molar-refractivity contribution in [1.82, 2.24) is 14.9 Å². The lowest BCUT2D eigenvalue weighted by Crippen LogP contribution is -2.51. The predicted molar refractivity (Wildman–Crippen MR) is 119 cm³/mol. The largest absolute Gasteiger partial charge is 0.511 e. The second-order valence-corrected chi connectivity index (χ2v) is 9.00. The molecule has 1 aromatic rings. The Morgan fingerprint density at radius 1 is 1.17 bits per heavy atom. The second kappa shape index (κ2) is 10.3. The molecule has 1 heterocycles. The van der Waals surface area contributed by atoms with Crippen LogP contribution in [0.3, 0.4) is 0 Å². The molecule has 0 spiro atoms. The number of sulfonamides is 1. The highest BCUT2D eigenvalue weighted by atomic mass is 127. The molecule has 0 saturated carbocycles. The number of guanidine groups is 1. The standard InChI is InChI=1S/C18H27F3N4O2S.HI/c1-12-9-13(2)16(14(3)10-12)11-23-17(22-4)24-15-5-7-25(8-6-15)28(26,27)18(19,20)21;/h9-10,15H,5-8,11H2,1-4H3,(H2,22,23,24);1H. The monoisotopic (exact) mass is 548 g/mol. The van der Waals surface area contributed by atoms with Crippen molar-refractivity contribution in [3.8, 4) is 0 Å². The van der Waals surface area contributed by atoms with Crippen LogP contribution in [-0.2, 0) is 16.6 Å². The summed E-state index contributed by atoms with van der Waals surface area (Å²) < 4.78 is 61.4. The van der Waals surface area contributed by atoms with E-state index in [1.165, 1.54) is 22.3 Å². The third-order valence-corrected chi connectivity index (χ3v) is 6.55. The zero-order chi connectivity index (χ0) is 21.1. The number of alkyl halides is 3. The van der Waals surface area contributed by atoms with Crippen LogP contribution in [0.4, 0.5) is 13.2 Å². The lowest BCUT2D eigenvalue weighted by molar-refractivity contribution is -0.0494.